The fourth-order valence-corrected chi connectivity index (χ4v) is 3.06. The Kier molecular flexibility index (Phi) is 3.25. The summed E-state index contributed by atoms with van der Waals surface area (Å²) in [7, 11) is 0. The van der Waals surface area contributed by atoms with Gasteiger partial charge in [0.1, 0.15) is 0 Å². The maximum absolute atomic E-state index is 11.9. The molecule has 0 unspecified atom stereocenters. The molecule has 1 aliphatic rings. The Bertz CT molecular complexity index is 668. The Morgan fingerprint density at radius 2 is 2.32 bits per heavy atom. The van der Waals surface area contributed by atoms with E-state index in [-0.39, 0.29) is 5.56 Å². The molecular weight excluding hydrogens is 260 g/mol. The molecule has 0 saturated heterocycles. The van der Waals surface area contributed by atoms with Gasteiger partial charge in [-0.3, -0.25) is 9.78 Å². The molecule has 98 valence electrons. The van der Waals surface area contributed by atoms with Gasteiger partial charge in [0.15, 0.2) is 5.16 Å². The minimum absolute atomic E-state index is 0.00385. The first-order valence-corrected chi connectivity index (χ1v) is 7.16. The van der Waals surface area contributed by atoms with E-state index in [1.54, 1.807) is 18.5 Å². The van der Waals surface area contributed by atoms with Crippen LogP contribution in [-0.4, -0.2) is 15.0 Å². The number of H-pyrrole nitrogens is 1. The molecule has 0 spiro atoms. The highest BCUT2D eigenvalue weighted by Crippen LogP contribution is 2.23. The molecule has 0 amide bonds. The van der Waals surface area contributed by atoms with Gasteiger partial charge < -0.3 is 10.7 Å². The van der Waals surface area contributed by atoms with E-state index in [0.29, 0.717) is 16.6 Å². The Morgan fingerprint density at radius 3 is 3.16 bits per heavy atom. The third-order valence-corrected chi connectivity index (χ3v) is 4.15. The van der Waals surface area contributed by atoms with Gasteiger partial charge in [-0.05, 0) is 25.3 Å². The van der Waals surface area contributed by atoms with Gasteiger partial charge in [0, 0.05) is 35.0 Å². The molecule has 3 N–H and O–H groups in total. The predicted molar refractivity (Wildman–Crippen MR) is 75.1 cm³/mol. The summed E-state index contributed by atoms with van der Waals surface area (Å²) in [6.07, 6.45) is 6.18. The zero-order valence-corrected chi connectivity index (χ0v) is 11.2. The Balaban J connectivity index is 1.80. The highest BCUT2D eigenvalue weighted by molar-refractivity contribution is 7.98. The van der Waals surface area contributed by atoms with Gasteiger partial charge >= 0.3 is 0 Å². The van der Waals surface area contributed by atoms with Crippen molar-refractivity contribution in [2.75, 3.05) is 5.73 Å². The molecule has 2 heterocycles. The number of aryl methyl sites for hydroxylation is 1. The van der Waals surface area contributed by atoms with Crippen LogP contribution in [-0.2, 0) is 18.6 Å². The van der Waals surface area contributed by atoms with Gasteiger partial charge in [-0.2, -0.15) is 0 Å². The van der Waals surface area contributed by atoms with Crippen LogP contribution in [0.15, 0.2) is 28.4 Å². The SMILES string of the molecule is Nc1ccncc1CSc1nc2c(c(=O)[nH]1)CCC2. The average molecular weight is 274 g/mol. The molecule has 0 bridgehead atoms. The van der Waals surface area contributed by atoms with E-state index in [9.17, 15) is 4.79 Å². The molecule has 0 atom stereocenters. The third-order valence-electron chi connectivity index (χ3n) is 3.23. The number of pyridine rings is 1. The number of anilines is 1. The molecule has 5 nitrogen and oxygen atoms in total. The molecular formula is C13H14N4OS. The molecule has 3 rings (SSSR count). The minimum Gasteiger partial charge on any atom is -0.398 e. The van der Waals surface area contributed by atoms with Crippen molar-refractivity contribution in [2.45, 2.75) is 30.2 Å². The summed E-state index contributed by atoms with van der Waals surface area (Å²) in [6.45, 7) is 0. The molecule has 1 aliphatic carbocycles. The molecule has 0 radical (unpaired) electrons. The van der Waals surface area contributed by atoms with E-state index in [1.165, 1.54) is 11.8 Å². The zero-order chi connectivity index (χ0) is 13.2. The number of hydrogen-bond donors (Lipinski definition) is 2. The summed E-state index contributed by atoms with van der Waals surface area (Å²) in [5.74, 6) is 0.654. The Morgan fingerprint density at radius 1 is 1.42 bits per heavy atom. The molecule has 0 saturated carbocycles. The number of aromatic amines is 1. The van der Waals surface area contributed by atoms with Gasteiger partial charge in [-0.15, -0.1) is 0 Å². The van der Waals surface area contributed by atoms with E-state index in [0.717, 1.165) is 36.1 Å². The first-order chi connectivity index (χ1) is 9.24. The minimum atomic E-state index is 0.00385. The van der Waals surface area contributed by atoms with Gasteiger partial charge in [0.2, 0.25) is 0 Å². The summed E-state index contributed by atoms with van der Waals surface area (Å²) < 4.78 is 0. The highest BCUT2D eigenvalue weighted by atomic mass is 32.2. The van der Waals surface area contributed by atoms with Crippen LogP contribution in [0.5, 0.6) is 0 Å². The number of nitrogens with zero attached hydrogens (tertiary/aromatic N) is 2. The lowest BCUT2D eigenvalue weighted by atomic mass is 10.3. The van der Waals surface area contributed by atoms with Crippen LogP contribution in [0.3, 0.4) is 0 Å². The van der Waals surface area contributed by atoms with Crippen LogP contribution in [0.2, 0.25) is 0 Å². The third kappa shape index (κ3) is 2.49. The topological polar surface area (TPSA) is 84.7 Å². The lowest BCUT2D eigenvalue weighted by molar-refractivity contribution is 0.869. The number of nitrogens with one attached hydrogen (secondary N) is 1. The van der Waals surface area contributed by atoms with Gasteiger partial charge in [0.05, 0.1) is 5.69 Å². The standard InChI is InChI=1S/C13H14N4OS/c14-10-4-5-15-6-8(10)7-19-13-16-11-3-1-2-9(11)12(18)17-13/h4-6H,1-3,7H2,(H2,14,15)(H,16,17,18). The van der Waals surface area contributed by atoms with Crippen molar-refractivity contribution in [1.82, 2.24) is 15.0 Å². The fourth-order valence-electron chi connectivity index (χ4n) is 2.19. The Labute approximate surface area is 114 Å². The second-order valence-corrected chi connectivity index (χ2v) is 5.48. The van der Waals surface area contributed by atoms with Crippen molar-refractivity contribution in [3.05, 3.63) is 45.6 Å². The fraction of sp³-hybridized carbons (Fsp3) is 0.308. The highest BCUT2D eigenvalue weighted by Gasteiger charge is 2.17. The van der Waals surface area contributed by atoms with E-state index >= 15 is 0 Å². The van der Waals surface area contributed by atoms with Gasteiger partial charge in [0.25, 0.3) is 5.56 Å². The zero-order valence-electron chi connectivity index (χ0n) is 10.3. The predicted octanol–water partition coefficient (Wildman–Crippen LogP) is 1.53. The lowest BCUT2D eigenvalue weighted by Gasteiger charge is -2.05. The van der Waals surface area contributed by atoms with Crippen molar-refractivity contribution in [3.8, 4) is 0 Å². The van der Waals surface area contributed by atoms with Crippen LogP contribution in [0.25, 0.3) is 0 Å². The number of hydrogen-bond acceptors (Lipinski definition) is 5. The lowest BCUT2D eigenvalue weighted by Crippen LogP contribution is -2.14. The van der Waals surface area contributed by atoms with Crippen molar-refractivity contribution in [3.63, 3.8) is 0 Å². The number of aromatic nitrogens is 3. The Hall–Kier alpha value is -1.82. The molecule has 0 aromatic carbocycles. The molecule has 0 aliphatic heterocycles. The van der Waals surface area contributed by atoms with Crippen LogP contribution in [0, 0.1) is 0 Å². The first-order valence-electron chi connectivity index (χ1n) is 6.17. The van der Waals surface area contributed by atoms with Crippen LogP contribution >= 0.6 is 11.8 Å². The monoisotopic (exact) mass is 274 g/mol. The number of nitrogen functional groups attached to an aromatic ring is 1. The smallest absolute Gasteiger partial charge is 0.254 e. The van der Waals surface area contributed by atoms with Crippen LogP contribution in [0.4, 0.5) is 5.69 Å². The molecule has 19 heavy (non-hydrogen) atoms. The maximum Gasteiger partial charge on any atom is 0.254 e. The van der Waals surface area contributed by atoms with Gasteiger partial charge in [-0.1, -0.05) is 11.8 Å². The largest absolute Gasteiger partial charge is 0.398 e. The van der Waals surface area contributed by atoms with Gasteiger partial charge in [-0.25, -0.2) is 4.98 Å². The van der Waals surface area contributed by atoms with Crippen molar-refractivity contribution < 1.29 is 0 Å². The van der Waals surface area contributed by atoms with E-state index in [1.807, 2.05) is 0 Å². The summed E-state index contributed by atoms with van der Waals surface area (Å²) in [5.41, 5.74) is 9.33. The maximum atomic E-state index is 11.9. The van der Waals surface area contributed by atoms with E-state index in [4.69, 9.17) is 5.73 Å². The summed E-state index contributed by atoms with van der Waals surface area (Å²) in [6, 6.07) is 1.77. The number of nitrogens with two attached hydrogens (primary N) is 1. The normalized spacial score (nSPS) is 13.5. The molecule has 2 aromatic heterocycles. The summed E-state index contributed by atoms with van der Waals surface area (Å²) in [4.78, 5) is 23.2. The summed E-state index contributed by atoms with van der Waals surface area (Å²) in [5, 5.41) is 0.661. The second kappa shape index (κ2) is 5.05. The van der Waals surface area contributed by atoms with Crippen LogP contribution < -0.4 is 11.3 Å². The van der Waals surface area contributed by atoms with Crippen molar-refractivity contribution in [1.29, 1.82) is 0 Å². The number of thioether (sulfide) groups is 1. The number of rotatable bonds is 3. The van der Waals surface area contributed by atoms with Crippen molar-refractivity contribution in [2.24, 2.45) is 0 Å². The van der Waals surface area contributed by atoms with E-state index < -0.39 is 0 Å². The quantitative estimate of drug-likeness (QED) is 0.655. The average Bonchev–Trinajstić information content (AvgIpc) is 2.87. The molecule has 6 heteroatoms. The van der Waals surface area contributed by atoms with E-state index in [2.05, 4.69) is 15.0 Å². The second-order valence-electron chi connectivity index (χ2n) is 4.51. The first kappa shape index (κ1) is 12.2. The number of fused-ring (bicyclic) bond motifs is 1. The summed E-state index contributed by atoms with van der Waals surface area (Å²) >= 11 is 1.48. The van der Waals surface area contributed by atoms with Crippen LogP contribution in [0.1, 0.15) is 23.2 Å². The molecule has 0 fully saturated rings. The molecule has 2 aromatic rings. The van der Waals surface area contributed by atoms with Crippen molar-refractivity contribution >= 4 is 17.4 Å².